The molecule has 2 aromatic heterocycles. The number of aromatic nitrogens is 1. The molecule has 0 aliphatic heterocycles. The molecule has 4 rings (SSSR count). The number of sulfone groups is 1. The van der Waals surface area contributed by atoms with Gasteiger partial charge in [-0.05, 0) is 66.2 Å². The number of pyridine rings is 1. The van der Waals surface area contributed by atoms with Crippen molar-refractivity contribution in [3.63, 3.8) is 0 Å². The zero-order valence-electron chi connectivity index (χ0n) is 17.5. The van der Waals surface area contributed by atoms with Gasteiger partial charge in [0.05, 0.1) is 18.6 Å². The molecule has 9 heteroatoms. The number of methoxy groups -OCH3 is 1. The van der Waals surface area contributed by atoms with Crippen molar-refractivity contribution in [2.24, 2.45) is 0 Å². The Hall–Kier alpha value is -3.62. The number of benzene rings is 2. The van der Waals surface area contributed by atoms with Crippen molar-refractivity contribution in [1.82, 2.24) is 4.98 Å². The van der Waals surface area contributed by atoms with Crippen LogP contribution in [0.4, 0.5) is 5.82 Å². The van der Waals surface area contributed by atoms with Crippen molar-refractivity contribution in [3.8, 4) is 5.75 Å². The standard InChI is InChI=1S/C24H19ClN2O5S/c1-31-19-9-5-17(6-10-19)16-27(22-4-2-3-15-26-22)24(28)21-13-14-23(32-21)33(29,30)20-11-7-18(25)8-12-20/h2-15H,16H2,1H3. The summed E-state index contributed by atoms with van der Waals surface area (Å²) in [5.74, 6) is 0.443. The number of hydrogen-bond acceptors (Lipinski definition) is 6. The molecule has 33 heavy (non-hydrogen) atoms. The summed E-state index contributed by atoms with van der Waals surface area (Å²) >= 11 is 5.85. The SMILES string of the molecule is COc1ccc(CN(C(=O)c2ccc(S(=O)(=O)c3ccc(Cl)cc3)o2)c2ccccn2)cc1. The van der Waals surface area contributed by atoms with Crippen LogP contribution in [0.3, 0.4) is 0 Å². The smallest absolute Gasteiger partial charge is 0.295 e. The van der Waals surface area contributed by atoms with Crippen LogP contribution in [0, 0.1) is 0 Å². The van der Waals surface area contributed by atoms with E-state index in [1.807, 2.05) is 12.1 Å². The van der Waals surface area contributed by atoms with Crippen LogP contribution in [0.5, 0.6) is 5.75 Å². The van der Waals surface area contributed by atoms with Crippen LogP contribution in [0.2, 0.25) is 5.02 Å². The summed E-state index contributed by atoms with van der Waals surface area (Å²) in [5, 5.41) is 0.0763. The van der Waals surface area contributed by atoms with Gasteiger partial charge in [-0.3, -0.25) is 9.69 Å². The first-order chi connectivity index (χ1) is 15.9. The molecular weight excluding hydrogens is 464 g/mol. The van der Waals surface area contributed by atoms with Gasteiger partial charge in [0.15, 0.2) is 5.76 Å². The van der Waals surface area contributed by atoms with Crippen molar-refractivity contribution in [2.45, 2.75) is 16.5 Å². The third kappa shape index (κ3) is 4.92. The van der Waals surface area contributed by atoms with Crippen LogP contribution in [0.1, 0.15) is 16.1 Å². The van der Waals surface area contributed by atoms with Crippen molar-refractivity contribution < 1.29 is 22.4 Å². The second-order valence-electron chi connectivity index (χ2n) is 7.00. The third-order valence-corrected chi connectivity index (χ3v) is 6.75. The maximum Gasteiger partial charge on any atom is 0.295 e. The normalized spacial score (nSPS) is 11.2. The van der Waals surface area contributed by atoms with Crippen molar-refractivity contribution in [1.29, 1.82) is 0 Å². The molecule has 0 N–H and O–H groups in total. The van der Waals surface area contributed by atoms with Crippen LogP contribution in [-0.2, 0) is 16.4 Å². The predicted molar refractivity (Wildman–Crippen MR) is 123 cm³/mol. The molecule has 1 amide bonds. The van der Waals surface area contributed by atoms with Gasteiger partial charge in [0.1, 0.15) is 11.6 Å². The number of ether oxygens (including phenoxy) is 1. The molecule has 168 valence electrons. The monoisotopic (exact) mass is 482 g/mol. The van der Waals surface area contributed by atoms with Gasteiger partial charge in [-0.25, -0.2) is 13.4 Å². The number of halogens is 1. The predicted octanol–water partition coefficient (Wildman–Crippen LogP) is 5.02. The highest BCUT2D eigenvalue weighted by molar-refractivity contribution is 7.91. The molecule has 0 unspecified atom stereocenters. The van der Waals surface area contributed by atoms with Crippen molar-refractivity contribution in [3.05, 3.63) is 101 Å². The summed E-state index contributed by atoms with van der Waals surface area (Å²) < 4.78 is 36.5. The van der Waals surface area contributed by atoms with E-state index in [1.165, 1.54) is 41.3 Å². The van der Waals surface area contributed by atoms with E-state index in [0.717, 1.165) is 5.56 Å². The fourth-order valence-electron chi connectivity index (χ4n) is 3.13. The average Bonchev–Trinajstić information content (AvgIpc) is 3.35. The number of anilines is 1. The van der Waals surface area contributed by atoms with Crippen molar-refractivity contribution in [2.75, 3.05) is 12.0 Å². The van der Waals surface area contributed by atoms with E-state index in [4.69, 9.17) is 20.8 Å². The Bertz CT molecular complexity index is 1350. The van der Waals surface area contributed by atoms with Gasteiger partial charge in [-0.15, -0.1) is 0 Å². The molecule has 0 bridgehead atoms. The minimum atomic E-state index is -3.95. The molecule has 0 saturated heterocycles. The van der Waals surface area contributed by atoms with Crippen molar-refractivity contribution >= 4 is 33.2 Å². The Morgan fingerprint density at radius 2 is 1.73 bits per heavy atom. The first-order valence-electron chi connectivity index (χ1n) is 9.85. The molecule has 0 fully saturated rings. The number of carbonyl (C=O) groups is 1. The van der Waals surface area contributed by atoms with Gasteiger partial charge >= 0.3 is 0 Å². The Labute approximate surface area is 196 Å². The molecule has 2 aromatic carbocycles. The highest BCUT2D eigenvalue weighted by atomic mass is 35.5. The minimum absolute atomic E-state index is 0.0139. The molecule has 0 spiro atoms. The van der Waals surface area contributed by atoms with Crippen LogP contribution < -0.4 is 9.64 Å². The summed E-state index contributed by atoms with van der Waals surface area (Å²) in [5.41, 5.74) is 0.829. The lowest BCUT2D eigenvalue weighted by molar-refractivity contribution is 0.0952. The summed E-state index contributed by atoms with van der Waals surface area (Å²) in [7, 11) is -2.38. The first kappa shape index (κ1) is 22.6. The summed E-state index contributed by atoms with van der Waals surface area (Å²) in [6.45, 7) is 0.194. The quantitative estimate of drug-likeness (QED) is 0.367. The van der Waals surface area contributed by atoms with Gasteiger partial charge in [-0.2, -0.15) is 0 Å². The molecule has 0 aliphatic rings. The maximum absolute atomic E-state index is 13.3. The van der Waals surface area contributed by atoms with Crippen LogP contribution >= 0.6 is 11.6 Å². The van der Waals surface area contributed by atoms with E-state index in [-0.39, 0.29) is 22.3 Å². The van der Waals surface area contributed by atoms with Gasteiger partial charge in [0.25, 0.3) is 5.91 Å². The minimum Gasteiger partial charge on any atom is -0.497 e. The lowest BCUT2D eigenvalue weighted by Crippen LogP contribution is -2.30. The summed E-state index contributed by atoms with van der Waals surface area (Å²) in [6.07, 6.45) is 1.57. The zero-order valence-corrected chi connectivity index (χ0v) is 19.1. The zero-order chi connectivity index (χ0) is 23.4. The lowest BCUT2D eigenvalue weighted by atomic mass is 10.2. The van der Waals surface area contributed by atoms with E-state index in [2.05, 4.69) is 4.98 Å². The number of furan rings is 1. The van der Waals surface area contributed by atoms with E-state index in [9.17, 15) is 13.2 Å². The Morgan fingerprint density at radius 3 is 2.36 bits per heavy atom. The Morgan fingerprint density at radius 1 is 1.00 bits per heavy atom. The van der Waals surface area contributed by atoms with Gasteiger partial charge < -0.3 is 9.15 Å². The van der Waals surface area contributed by atoms with E-state index < -0.39 is 15.7 Å². The molecule has 0 saturated carbocycles. The van der Waals surface area contributed by atoms with E-state index in [1.54, 1.807) is 43.6 Å². The molecule has 0 aliphatic carbocycles. The van der Waals surface area contributed by atoms with Gasteiger partial charge in [-0.1, -0.05) is 29.8 Å². The number of carbonyl (C=O) groups excluding carboxylic acids is 1. The number of hydrogen-bond donors (Lipinski definition) is 0. The van der Waals surface area contributed by atoms with E-state index >= 15 is 0 Å². The number of nitrogens with zero attached hydrogens (tertiary/aromatic N) is 2. The van der Waals surface area contributed by atoms with Crippen LogP contribution in [-0.4, -0.2) is 26.4 Å². The number of rotatable bonds is 7. The van der Waals surface area contributed by atoms with Crippen LogP contribution in [0.15, 0.2) is 99.5 Å². The molecular formula is C24H19ClN2O5S. The first-order valence-corrected chi connectivity index (χ1v) is 11.7. The number of amides is 1. The average molecular weight is 483 g/mol. The second kappa shape index (κ2) is 9.48. The molecule has 0 atom stereocenters. The van der Waals surface area contributed by atoms with Gasteiger partial charge in [0.2, 0.25) is 14.9 Å². The van der Waals surface area contributed by atoms with E-state index in [0.29, 0.717) is 16.6 Å². The third-order valence-electron chi connectivity index (χ3n) is 4.85. The van der Waals surface area contributed by atoms with Gasteiger partial charge in [0, 0.05) is 11.2 Å². The largest absolute Gasteiger partial charge is 0.497 e. The maximum atomic E-state index is 13.3. The second-order valence-corrected chi connectivity index (χ2v) is 9.32. The summed E-state index contributed by atoms with van der Waals surface area (Å²) in [6, 6.07) is 20.8. The highest BCUT2D eigenvalue weighted by Crippen LogP contribution is 2.26. The molecule has 7 nitrogen and oxygen atoms in total. The highest BCUT2D eigenvalue weighted by Gasteiger charge is 2.27. The molecule has 2 heterocycles. The van der Waals surface area contributed by atoms with Crippen LogP contribution in [0.25, 0.3) is 0 Å². The fraction of sp³-hybridized carbons (Fsp3) is 0.0833. The fourth-order valence-corrected chi connectivity index (χ4v) is 4.43. The Balaban J connectivity index is 1.65. The summed E-state index contributed by atoms with van der Waals surface area (Å²) in [4.78, 5) is 19.1. The molecule has 0 radical (unpaired) electrons. The lowest BCUT2D eigenvalue weighted by Gasteiger charge is -2.21. The molecule has 4 aromatic rings. The topological polar surface area (TPSA) is 89.7 Å². The Kier molecular flexibility index (Phi) is 6.48.